The highest BCUT2D eigenvalue weighted by atomic mass is 16.5. The molecule has 6 heteroatoms. The Morgan fingerprint density at radius 2 is 1.96 bits per heavy atom. The summed E-state index contributed by atoms with van der Waals surface area (Å²) in [4.78, 5) is 26.4. The standard InChI is InChI=1S/C20H26N2O4/c1-4-25-19(23)17-13(2)22(3)20(24)21-18(17)15-11-7-8-12-16(15)26-14-9-5-6-10-14/h7-8,11-12,14,18H,4-6,9-10H2,1-3H3,(H,21,24)/t18-/m0/s1. The predicted octanol–water partition coefficient (Wildman–Crippen LogP) is 3.54. The zero-order valence-corrected chi connectivity index (χ0v) is 15.6. The Labute approximate surface area is 154 Å². The molecule has 0 unspecified atom stereocenters. The lowest BCUT2D eigenvalue weighted by Gasteiger charge is -2.34. The molecule has 1 saturated carbocycles. The molecule has 1 heterocycles. The Kier molecular flexibility index (Phi) is 5.49. The highest BCUT2D eigenvalue weighted by molar-refractivity contribution is 5.95. The van der Waals surface area contributed by atoms with Gasteiger partial charge >= 0.3 is 12.0 Å². The van der Waals surface area contributed by atoms with Crippen LogP contribution < -0.4 is 10.1 Å². The van der Waals surface area contributed by atoms with Crippen LogP contribution in [0.1, 0.15) is 51.1 Å². The first kappa shape index (κ1) is 18.3. The second kappa shape index (κ2) is 7.81. The van der Waals surface area contributed by atoms with Gasteiger partial charge in [-0.2, -0.15) is 0 Å². The highest BCUT2D eigenvalue weighted by Crippen LogP contribution is 2.36. The molecule has 1 aromatic carbocycles. The fourth-order valence-corrected chi connectivity index (χ4v) is 3.55. The molecular weight excluding hydrogens is 332 g/mol. The monoisotopic (exact) mass is 358 g/mol. The number of benzene rings is 1. The Morgan fingerprint density at radius 3 is 2.65 bits per heavy atom. The molecule has 0 radical (unpaired) electrons. The van der Waals surface area contributed by atoms with E-state index in [4.69, 9.17) is 9.47 Å². The Morgan fingerprint density at radius 1 is 1.27 bits per heavy atom. The third-order valence-corrected chi connectivity index (χ3v) is 5.08. The van der Waals surface area contributed by atoms with Gasteiger partial charge in [0.2, 0.25) is 0 Å². The summed E-state index contributed by atoms with van der Waals surface area (Å²) in [7, 11) is 1.64. The summed E-state index contributed by atoms with van der Waals surface area (Å²) in [6.07, 6.45) is 4.60. The molecule has 0 saturated heterocycles. The highest BCUT2D eigenvalue weighted by Gasteiger charge is 2.36. The first-order chi connectivity index (χ1) is 12.5. The van der Waals surface area contributed by atoms with Crippen molar-refractivity contribution in [2.24, 2.45) is 0 Å². The van der Waals surface area contributed by atoms with Crippen LogP contribution in [0, 0.1) is 0 Å². The van der Waals surface area contributed by atoms with Gasteiger partial charge in [-0.15, -0.1) is 0 Å². The van der Waals surface area contributed by atoms with Crippen LogP contribution in [0.5, 0.6) is 5.75 Å². The van der Waals surface area contributed by atoms with Gasteiger partial charge in [-0.05, 0) is 45.6 Å². The van der Waals surface area contributed by atoms with Gasteiger partial charge in [0.25, 0.3) is 0 Å². The lowest BCUT2D eigenvalue weighted by molar-refractivity contribution is -0.139. The topological polar surface area (TPSA) is 67.9 Å². The average Bonchev–Trinajstić information content (AvgIpc) is 3.13. The van der Waals surface area contributed by atoms with Crippen molar-refractivity contribution in [3.05, 3.63) is 41.1 Å². The number of nitrogens with one attached hydrogen (secondary N) is 1. The quantitative estimate of drug-likeness (QED) is 0.818. The van der Waals surface area contributed by atoms with Crippen molar-refractivity contribution in [1.29, 1.82) is 0 Å². The predicted molar refractivity (Wildman–Crippen MR) is 97.7 cm³/mol. The molecule has 3 rings (SSSR count). The minimum absolute atomic E-state index is 0.189. The number of urea groups is 1. The van der Waals surface area contributed by atoms with Crippen molar-refractivity contribution in [3.63, 3.8) is 0 Å². The molecule has 1 aliphatic carbocycles. The van der Waals surface area contributed by atoms with Crippen LogP contribution in [0.2, 0.25) is 0 Å². The molecule has 1 aromatic rings. The van der Waals surface area contributed by atoms with Crippen molar-refractivity contribution < 1.29 is 19.1 Å². The molecule has 26 heavy (non-hydrogen) atoms. The number of carbonyl (C=O) groups is 2. The van der Waals surface area contributed by atoms with Crippen LogP contribution in [0.4, 0.5) is 4.79 Å². The maximum Gasteiger partial charge on any atom is 0.338 e. The molecule has 0 spiro atoms. The maximum absolute atomic E-state index is 12.6. The summed E-state index contributed by atoms with van der Waals surface area (Å²) in [6, 6.07) is 6.75. The third-order valence-electron chi connectivity index (χ3n) is 5.08. The Balaban J connectivity index is 2.00. The van der Waals surface area contributed by atoms with Crippen LogP contribution >= 0.6 is 0 Å². The summed E-state index contributed by atoms with van der Waals surface area (Å²) in [6.45, 7) is 3.81. The van der Waals surface area contributed by atoms with Gasteiger partial charge in [-0.3, -0.25) is 0 Å². The molecule has 0 aromatic heterocycles. The lowest BCUT2D eigenvalue weighted by Crippen LogP contribution is -2.46. The van der Waals surface area contributed by atoms with Gasteiger partial charge in [-0.25, -0.2) is 9.59 Å². The number of hydrogen-bond acceptors (Lipinski definition) is 4. The number of rotatable bonds is 5. The number of para-hydroxylation sites is 1. The van der Waals surface area contributed by atoms with Crippen molar-refractivity contribution in [2.75, 3.05) is 13.7 Å². The van der Waals surface area contributed by atoms with Crippen molar-refractivity contribution in [1.82, 2.24) is 10.2 Å². The lowest BCUT2D eigenvalue weighted by atomic mass is 9.94. The summed E-state index contributed by atoms with van der Waals surface area (Å²) in [5.74, 6) is 0.293. The first-order valence-electron chi connectivity index (χ1n) is 9.20. The van der Waals surface area contributed by atoms with Crippen LogP contribution in [0.15, 0.2) is 35.5 Å². The first-order valence-corrected chi connectivity index (χ1v) is 9.20. The van der Waals surface area contributed by atoms with Gasteiger partial charge < -0.3 is 19.7 Å². The molecule has 1 fully saturated rings. The van der Waals surface area contributed by atoms with E-state index in [-0.39, 0.29) is 18.7 Å². The van der Waals surface area contributed by atoms with Crippen LogP contribution in [-0.2, 0) is 9.53 Å². The SMILES string of the molecule is CCOC(=O)C1=C(C)N(C)C(=O)N[C@H]1c1ccccc1OC1CCCC1. The minimum Gasteiger partial charge on any atom is -0.490 e. The molecular formula is C20H26N2O4. The number of amides is 2. The number of allylic oxidation sites excluding steroid dienone is 1. The smallest absolute Gasteiger partial charge is 0.338 e. The van der Waals surface area contributed by atoms with Crippen molar-refractivity contribution in [3.8, 4) is 5.75 Å². The van der Waals surface area contributed by atoms with Crippen LogP contribution in [-0.4, -0.2) is 36.7 Å². The molecule has 2 amide bonds. The van der Waals surface area contributed by atoms with Crippen molar-refractivity contribution >= 4 is 12.0 Å². The summed E-state index contributed by atoms with van der Waals surface area (Å²) >= 11 is 0. The summed E-state index contributed by atoms with van der Waals surface area (Å²) < 4.78 is 11.5. The van der Waals surface area contributed by atoms with E-state index in [0.29, 0.717) is 17.0 Å². The van der Waals surface area contributed by atoms with Gasteiger partial charge in [0.05, 0.1) is 24.3 Å². The normalized spacial score (nSPS) is 21.0. The number of nitrogens with zero attached hydrogens (tertiary/aromatic N) is 1. The molecule has 140 valence electrons. The van der Waals surface area contributed by atoms with Crippen molar-refractivity contribution in [2.45, 2.75) is 51.7 Å². The Hall–Kier alpha value is -2.50. The van der Waals surface area contributed by atoms with E-state index < -0.39 is 12.0 Å². The van der Waals surface area contributed by atoms with Gasteiger partial charge in [-0.1, -0.05) is 18.2 Å². The number of carbonyl (C=O) groups excluding carboxylic acids is 2. The number of ether oxygens (including phenoxy) is 2. The maximum atomic E-state index is 12.6. The second-order valence-corrected chi connectivity index (χ2v) is 6.72. The van der Waals surface area contributed by atoms with E-state index in [1.165, 1.54) is 17.7 Å². The zero-order valence-electron chi connectivity index (χ0n) is 15.6. The molecule has 1 atom stereocenters. The molecule has 1 aliphatic heterocycles. The van der Waals surface area contributed by atoms with E-state index in [9.17, 15) is 9.59 Å². The van der Waals surface area contributed by atoms with E-state index in [1.807, 2.05) is 24.3 Å². The molecule has 1 N–H and O–H groups in total. The second-order valence-electron chi connectivity index (χ2n) is 6.72. The van der Waals surface area contributed by atoms with Crippen LogP contribution in [0.3, 0.4) is 0 Å². The van der Waals surface area contributed by atoms with E-state index in [0.717, 1.165) is 18.4 Å². The summed E-state index contributed by atoms with van der Waals surface area (Å²) in [5.41, 5.74) is 1.81. The zero-order chi connectivity index (χ0) is 18.7. The number of esters is 1. The summed E-state index contributed by atoms with van der Waals surface area (Å²) in [5, 5.41) is 2.92. The van der Waals surface area contributed by atoms with E-state index in [1.54, 1.807) is 20.9 Å². The molecule has 6 nitrogen and oxygen atoms in total. The minimum atomic E-state index is -0.588. The average molecular weight is 358 g/mol. The van der Waals surface area contributed by atoms with Crippen LogP contribution in [0.25, 0.3) is 0 Å². The van der Waals surface area contributed by atoms with E-state index in [2.05, 4.69) is 5.32 Å². The third kappa shape index (κ3) is 3.54. The Bertz CT molecular complexity index is 722. The molecule has 0 bridgehead atoms. The fourth-order valence-electron chi connectivity index (χ4n) is 3.55. The fraction of sp³-hybridized carbons (Fsp3) is 0.500. The molecule has 2 aliphatic rings. The van der Waals surface area contributed by atoms with Gasteiger partial charge in [0.15, 0.2) is 0 Å². The largest absolute Gasteiger partial charge is 0.490 e. The van der Waals surface area contributed by atoms with E-state index >= 15 is 0 Å². The van der Waals surface area contributed by atoms with Gasteiger partial charge in [0.1, 0.15) is 5.75 Å². The van der Waals surface area contributed by atoms with Gasteiger partial charge in [0, 0.05) is 18.3 Å². The number of hydrogen-bond donors (Lipinski definition) is 1.